The third kappa shape index (κ3) is 2.39. The van der Waals surface area contributed by atoms with Gasteiger partial charge in [-0.25, -0.2) is 9.90 Å². The van der Waals surface area contributed by atoms with Crippen molar-refractivity contribution >= 4 is 5.91 Å². The number of aliphatic hydroxyl groups excluding tert-OH is 4. The lowest BCUT2D eigenvalue weighted by Gasteiger charge is -2.40. The van der Waals surface area contributed by atoms with Crippen LogP contribution in [0.3, 0.4) is 0 Å². The van der Waals surface area contributed by atoms with Gasteiger partial charge in [-0.2, -0.15) is 0 Å². The molecule has 2 aliphatic heterocycles. The highest BCUT2D eigenvalue weighted by Crippen LogP contribution is 2.23. The van der Waals surface area contributed by atoms with Crippen LogP contribution in [0.25, 0.3) is 0 Å². The van der Waals surface area contributed by atoms with Crippen LogP contribution >= 0.6 is 0 Å². The van der Waals surface area contributed by atoms with Crippen LogP contribution in [0.4, 0.5) is 0 Å². The molecule has 2 aliphatic rings. The van der Waals surface area contributed by atoms with Gasteiger partial charge >= 0.3 is 0 Å². The first-order valence-electron chi connectivity index (χ1n) is 5.50. The zero-order chi connectivity index (χ0) is 13.3. The van der Waals surface area contributed by atoms with Gasteiger partial charge in [0.1, 0.15) is 24.4 Å². The van der Waals surface area contributed by atoms with Crippen LogP contribution in [0.5, 0.6) is 0 Å². The van der Waals surface area contributed by atoms with Crippen molar-refractivity contribution in [2.75, 3.05) is 13.2 Å². The second-order valence-electron chi connectivity index (χ2n) is 4.10. The Morgan fingerprint density at radius 2 is 2.06 bits per heavy atom. The molecule has 0 spiro atoms. The van der Waals surface area contributed by atoms with Crippen LogP contribution in [-0.2, 0) is 14.4 Å². The third-order valence-electron chi connectivity index (χ3n) is 2.86. The fourth-order valence-electron chi connectivity index (χ4n) is 1.80. The molecule has 2 rings (SSSR count). The number of nitrogens with zero attached hydrogens (tertiary/aromatic N) is 1. The summed E-state index contributed by atoms with van der Waals surface area (Å²) in [5.74, 6) is -0.410. The van der Waals surface area contributed by atoms with Gasteiger partial charge in [0.25, 0.3) is 5.91 Å². The van der Waals surface area contributed by atoms with E-state index in [-0.39, 0.29) is 6.54 Å². The number of aliphatic hydroxyl groups is 4. The molecule has 2 heterocycles. The van der Waals surface area contributed by atoms with Crippen molar-refractivity contribution in [3.63, 3.8) is 0 Å². The van der Waals surface area contributed by atoms with E-state index in [0.29, 0.717) is 0 Å². The van der Waals surface area contributed by atoms with Crippen LogP contribution < -0.4 is 0 Å². The van der Waals surface area contributed by atoms with Crippen LogP contribution in [-0.4, -0.2) is 75.3 Å². The lowest BCUT2D eigenvalue weighted by Crippen LogP contribution is -2.60. The van der Waals surface area contributed by atoms with Gasteiger partial charge in [0.05, 0.1) is 13.2 Å². The number of carbonyl (C=O) groups is 1. The van der Waals surface area contributed by atoms with E-state index in [0.717, 1.165) is 5.06 Å². The van der Waals surface area contributed by atoms with E-state index >= 15 is 0 Å². The van der Waals surface area contributed by atoms with Crippen molar-refractivity contribution in [2.24, 2.45) is 0 Å². The SMILES string of the molecule is O=C1C=CCN1O[C@H]1O[C@H](CO)[C@@H](O)[C@H](O)[C@H]1O. The molecule has 0 aromatic heterocycles. The van der Waals surface area contributed by atoms with E-state index in [2.05, 4.69) is 0 Å². The summed E-state index contributed by atoms with van der Waals surface area (Å²) in [7, 11) is 0. The minimum absolute atomic E-state index is 0.202. The molecule has 0 aromatic carbocycles. The zero-order valence-corrected chi connectivity index (χ0v) is 9.42. The fourth-order valence-corrected chi connectivity index (χ4v) is 1.80. The van der Waals surface area contributed by atoms with Crippen LogP contribution in [0.2, 0.25) is 0 Å². The highest BCUT2D eigenvalue weighted by Gasteiger charge is 2.45. The molecule has 1 saturated heterocycles. The molecule has 18 heavy (non-hydrogen) atoms. The maximum absolute atomic E-state index is 11.3. The van der Waals surface area contributed by atoms with Crippen LogP contribution in [0.15, 0.2) is 12.2 Å². The summed E-state index contributed by atoms with van der Waals surface area (Å²) in [6, 6.07) is 0. The highest BCUT2D eigenvalue weighted by atomic mass is 16.8. The van der Waals surface area contributed by atoms with E-state index in [1.807, 2.05) is 0 Å². The number of hydrogen-bond donors (Lipinski definition) is 4. The summed E-state index contributed by atoms with van der Waals surface area (Å²) >= 11 is 0. The van der Waals surface area contributed by atoms with Gasteiger partial charge in [-0.05, 0) is 0 Å². The van der Waals surface area contributed by atoms with Gasteiger partial charge in [0.2, 0.25) is 6.29 Å². The molecule has 0 aromatic rings. The predicted octanol–water partition coefficient (Wildman–Crippen LogP) is -2.88. The van der Waals surface area contributed by atoms with Gasteiger partial charge in [-0.15, -0.1) is 0 Å². The van der Waals surface area contributed by atoms with E-state index in [1.165, 1.54) is 6.08 Å². The zero-order valence-electron chi connectivity index (χ0n) is 9.42. The lowest BCUT2D eigenvalue weighted by atomic mass is 9.99. The number of hydroxylamine groups is 2. The normalized spacial score (nSPS) is 40.6. The molecular formula is C10H15NO7. The summed E-state index contributed by atoms with van der Waals surface area (Å²) in [5.41, 5.74) is 0. The van der Waals surface area contributed by atoms with Crippen molar-refractivity contribution in [3.05, 3.63) is 12.2 Å². The van der Waals surface area contributed by atoms with Gasteiger partial charge in [0.15, 0.2) is 0 Å². The monoisotopic (exact) mass is 261 g/mol. The average Bonchev–Trinajstić information content (AvgIpc) is 2.76. The molecule has 8 nitrogen and oxygen atoms in total. The predicted molar refractivity (Wildman–Crippen MR) is 55.7 cm³/mol. The van der Waals surface area contributed by atoms with Gasteiger partial charge in [0, 0.05) is 6.08 Å². The first-order valence-corrected chi connectivity index (χ1v) is 5.50. The maximum Gasteiger partial charge on any atom is 0.270 e. The van der Waals surface area contributed by atoms with E-state index < -0.39 is 43.2 Å². The Bertz CT molecular complexity index is 345. The standard InChI is InChI=1S/C10H15NO7/c12-4-5-7(14)8(15)9(16)10(17-5)18-11-3-1-2-6(11)13/h1-2,5,7-10,12,14-16H,3-4H2/t5-,7-,8+,9-,10-/m1/s1. The molecule has 102 valence electrons. The fraction of sp³-hybridized carbons (Fsp3) is 0.700. The summed E-state index contributed by atoms with van der Waals surface area (Å²) < 4.78 is 5.09. The quantitative estimate of drug-likeness (QED) is 0.430. The first-order chi connectivity index (χ1) is 8.54. The van der Waals surface area contributed by atoms with Gasteiger partial charge < -0.3 is 25.2 Å². The van der Waals surface area contributed by atoms with Gasteiger partial charge in [-0.1, -0.05) is 6.08 Å². The lowest BCUT2D eigenvalue weighted by molar-refractivity contribution is -0.349. The molecule has 0 bridgehead atoms. The minimum Gasteiger partial charge on any atom is -0.394 e. The topological polar surface area (TPSA) is 120 Å². The second kappa shape index (κ2) is 5.31. The van der Waals surface area contributed by atoms with E-state index in [9.17, 15) is 20.1 Å². The molecule has 0 radical (unpaired) electrons. The number of carbonyl (C=O) groups excluding carboxylic acids is 1. The average molecular weight is 261 g/mol. The van der Waals surface area contributed by atoms with E-state index in [4.69, 9.17) is 14.7 Å². The molecule has 0 unspecified atom stereocenters. The molecule has 5 atom stereocenters. The molecule has 1 amide bonds. The van der Waals surface area contributed by atoms with Crippen LogP contribution in [0, 0.1) is 0 Å². The van der Waals surface area contributed by atoms with Crippen molar-refractivity contribution in [1.82, 2.24) is 5.06 Å². The van der Waals surface area contributed by atoms with Gasteiger partial charge in [-0.3, -0.25) is 4.79 Å². The van der Waals surface area contributed by atoms with Crippen molar-refractivity contribution < 1.29 is 34.8 Å². The number of ether oxygens (including phenoxy) is 1. The summed E-state index contributed by atoms with van der Waals surface area (Å²) in [4.78, 5) is 16.4. The highest BCUT2D eigenvalue weighted by molar-refractivity contribution is 5.89. The van der Waals surface area contributed by atoms with Crippen molar-refractivity contribution in [1.29, 1.82) is 0 Å². The Labute approximate surface area is 103 Å². The largest absolute Gasteiger partial charge is 0.394 e. The summed E-state index contributed by atoms with van der Waals surface area (Å²) in [6.07, 6.45) is -4.01. The molecule has 4 N–H and O–H groups in total. The molecular weight excluding hydrogens is 246 g/mol. The minimum atomic E-state index is -1.52. The number of hydrogen-bond acceptors (Lipinski definition) is 7. The second-order valence-corrected chi connectivity index (χ2v) is 4.10. The Morgan fingerprint density at radius 3 is 2.61 bits per heavy atom. The molecule has 1 fully saturated rings. The van der Waals surface area contributed by atoms with Crippen LogP contribution in [0.1, 0.15) is 0 Å². The third-order valence-corrected chi connectivity index (χ3v) is 2.86. The Hall–Kier alpha value is -1.03. The Kier molecular flexibility index (Phi) is 3.95. The summed E-state index contributed by atoms with van der Waals surface area (Å²) in [5, 5.41) is 38.7. The summed E-state index contributed by atoms with van der Waals surface area (Å²) in [6.45, 7) is -0.342. The number of amides is 1. The molecule has 8 heteroatoms. The Balaban J connectivity index is 2.01. The molecule has 0 saturated carbocycles. The Morgan fingerprint density at radius 1 is 1.33 bits per heavy atom. The molecule has 0 aliphatic carbocycles. The van der Waals surface area contributed by atoms with Crippen molar-refractivity contribution in [2.45, 2.75) is 30.7 Å². The first kappa shape index (κ1) is 13.4. The van der Waals surface area contributed by atoms with Crippen molar-refractivity contribution in [3.8, 4) is 0 Å². The van der Waals surface area contributed by atoms with E-state index in [1.54, 1.807) is 6.08 Å². The smallest absolute Gasteiger partial charge is 0.270 e. The maximum atomic E-state index is 11.3. The number of rotatable bonds is 3.